The van der Waals surface area contributed by atoms with Gasteiger partial charge >= 0.3 is 0 Å². The number of amides is 3. The quantitative estimate of drug-likeness (QED) is 0.616. The molecule has 6 heteroatoms. The molecule has 5 rings (SSSR count). The number of carbonyl (C=O) groups excluding carboxylic acids is 3. The van der Waals surface area contributed by atoms with E-state index in [9.17, 15) is 14.4 Å². The number of rotatable bonds is 5. The van der Waals surface area contributed by atoms with Crippen molar-refractivity contribution in [3.8, 4) is 0 Å². The Bertz CT molecular complexity index is 1190. The molecule has 1 N–H and O–H groups in total. The van der Waals surface area contributed by atoms with E-state index in [1.54, 1.807) is 0 Å². The van der Waals surface area contributed by atoms with Crippen LogP contribution in [-0.4, -0.2) is 41.8 Å². The summed E-state index contributed by atoms with van der Waals surface area (Å²) in [5.74, 6) is -0.329. The summed E-state index contributed by atoms with van der Waals surface area (Å²) in [5.41, 5.74) is 1.70. The maximum absolute atomic E-state index is 13.2. The van der Waals surface area contributed by atoms with Gasteiger partial charge in [0.05, 0.1) is 18.2 Å². The summed E-state index contributed by atoms with van der Waals surface area (Å²) >= 11 is 0. The first-order valence-electron chi connectivity index (χ1n) is 11.5. The SMILES string of the molecule is O=C(NCc1ccccc1)C1CCN(C2CC(=O)N(c3ccc4ccccc4c3)C2=O)CC1. The minimum atomic E-state index is -0.447. The van der Waals surface area contributed by atoms with Gasteiger partial charge in [0, 0.05) is 12.5 Å². The summed E-state index contributed by atoms with van der Waals surface area (Å²) in [4.78, 5) is 42.0. The van der Waals surface area contributed by atoms with Crippen LogP contribution in [-0.2, 0) is 20.9 Å². The summed E-state index contributed by atoms with van der Waals surface area (Å²) in [6.07, 6.45) is 1.57. The third-order valence-electron chi connectivity index (χ3n) is 6.76. The molecule has 0 aromatic heterocycles. The predicted molar refractivity (Wildman–Crippen MR) is 127 cm³/mol. The predicted octanol–water partition coefficient (Wildman–Crippen LogP) is 3.50. The van der Waals surface area contributed by atoms with Gasteiger partial charge in [0.2, 0.25) is 11.8 Å². The fraction of sp³-hybridized carbons (Fsp3) is 0.296. The van der Waals surface area contributed by atoms with Crippen molar-refractivity contribution in [1.29, 1.82) is 0 Å². The number of carbonyl (C=O) groups is 3. The summed E-state index contributed by atoms with van der Waals surface area (Å²) in [6.45, 7) is 1.80. The van der Waals surface area contributed by atoms with E-state index >= 15 is 0 Å². The molecule has 3 amide bonds. The van der Waals surface area contributed by atoms with Crippen molar-refractivity contribution in [2.75, 3.05) is 18.0 Å². The van der Waals surface area contributed by atoms with Gasteiger partial charge in [-0.2, -0.15) is 0 Å². The van der Waals surface area contributed by atoms with Crippen molar-refractivity contribution >= 4 is 34.2 Å². The van der Waals surface area contributed by atoms with Gasteiger partial charge in [0.15, 0.2) is 0 Å². The molecule has 33 heavy (non-hydrogen) atoms. The van der Waals surface area contributed by atoms with Gasteiger partial charge < -0.3 is 5.32 Å². The molecule has 0 saturated carbocycles. The minimum absolute atomic E-state index is 0.0603. The highest BCUT2D eigenvalue weighted by Gasteiger charge is 2.43. The van der Waals surface area contributed by atoms with Crippen LogP contribution in [0.5, 0.6) is 0 Å². The summed E-state index contributed by atoms with van der Waals surface area (Å²) in [7, 11) is 0. The van der Waals surface area contributed by atoms with Crippen molar-refractivity contribution in [3.05, 3.63) is 78.4 Å². The Morgan fingerprint density at radius 3 is 2.33 bits per heavy atom. The number of likely N-dealkylation sites (tertiary alicyclic amines) is 1. The number of imide groups is 1. The third-order valence-corrected chi connectivity index (χ3v) is 6.76. The Labute approximate surface area is 193 Å². The monoisotopic (exact) mass is 441 g/mol. The van der Waals surface area contributed by atoms with Crippen LogP contribution in [0.2, 0.25) is 0 Å². The number of hydrogen-bond donors (Lipinski definition) is 1. The Morgan fingerprint density at radius 1 is 0.879 bits per heavy atom. The van der Waals surface area contributed by atoms with E-state index < -0.39 is 6.04 Å². The zero-order chi connectivity index (χ0) is 22.8. The maximum Gasteiger partial charge on any atom is 0.251 e. The Kier molecular flexibility index (Phi) is 5.92. The zero-order valence-corrected chi connectivity index (χ0v) is 18.4. The average Bonchev–Trinajstić information content (AvgIpc) is 3.16. The van der Waals surface area contributed by atoms with E-state index in [0.717, 1.165) is 16.3 Å². The lowest BCUT2D eigenvalue weighted by molar-refractivity contribution is -0.127. The van der Waals surface area contributed by atoms with Crippen LogP contribution < -0.4 is 10.2 Å². The standard InChI is InChI=1S/C27H27N3O3/c31-25-17-24(27(33)30(25)23-11-10-20-8-4-5-9-22(20)16-23)29-14-12-21(13-15-29)26(32)28-18-19-6-2-1-3-7-19/h1-11,16,21,24H,12-15,17-18H2,(H,28,32). The molecule has 3 aromatic carbocycles. The van der Waals surface area contributed by atoms with Crippen LogP contribution in [0.3, 0.4) is 0 Å². The second kappa shape index (κ2) is 9.16. The number of benzene rings is 3. The Morgan fingerprint density at radius 2 is 1.58 bits per heavy atom. The smallest absolute Gasteiger partial charge is 0.251 e. The molecule has 1 atom stereocenters. The van der Waals surface area contributed by atoms with Gasteiger partial charge in [0.25, 0.3) is 5.91 Å². The number of anilines is 1. The van der Waals surface area contributed by atoms with Crippen LogP contribution in [0.25, 0.3) is 10.8 Å². The molecule has 0 bridgehead atoms. The van der Waals surface area contributed by atoms with Gasteiger partial charge in [-0.1, -0.05) is 60.7 Å². The topological polar surface area (TPSA) is 69.7 Å². The second-order valence-corrected chi connectivity index (χ2v) is 8.83. The van der Waals surface area contributed by atoms with E-state index in [4.69, 9.17) is 0 Å². The van der Waals surface area contributed by atoms with Crippen molar-refractivity contribution < 1.29 is 14.4 Å². The Hall–Kier alpha value is -3.51. The van der Waals surface area contributed by atoms with E-state index in [0.29, 0.717) is 38.2 Å². The van der Waals surface area contributed by atoms with E-state index in [1.807, 2.05) is 72.8 Å². The number of hydrogen-bond acceptors (Lipinski definition) is 4. The number of nitrogens with zero attached hydrogens (tertiary/aromatic N) is 2. The maximum atomic E-state index is 13.2. The lowest BCUT2D eigenvalue weighted by atomic mass is 9.94. The lowest BCUT2D eigenvalue weighted by Crippen LogP contribution is -2.48. The summed E-state index contributed by atoms with van der Waals surface area (Å²) < 4.78 is 0. The van der Waals surface area contributed by atoms with Crippen LogP contribution in [0.1, 0.15) is 24.8 Å². The molecule has 168 valence electrons. The van der Waals surface area contributed by atoms with E-state index in [2.05, 4.69) is 10.2 Å². The van der Waals surface area contributed by atoms with Crippen LogP contribution in [0.4, 0.5) is 5.69 Å². The number of fused-ring (bicyclic) bond motifs is 1. The fourth-order valence-electron chi connectivity index (χ4n) is 4.89. The molecule has 2 fully saturated rings. The largest absolute Gasteiger partial charge is 0.352 e. The zero-order valence-electron chi connectivity index (χ0n) is 18.4. The van der Waals surface area contributed by atoms with Gasteiger partial charge in [-0.3, -0.25) is 19.3 Å². The number of piperidine rings is 1. The Balaban J connectivity index is 1.20. The van der Waals surface area contributed by atoms with Crippen molar-refractivity contribution in [3.63, 3.8) is 0 Å². The molecule has 6 nitrogen and oxygen atoms in total. The summed E-state index contributed by atoms with van der Waals surface area (Å²) in [6, 6.07) is 23.0. The molecular weight excluding hydrogens is 414 g/mol. The first kappa shape index (κ1) is 21.3. The third kappa shape index (κ3) is 4.39. The first-order valence-corrected chi connectivity index (χ1v) is 11.5. The highest BCUT2D eigenvalue weighted by atomic mass is 16.2. The van der Waals surface area contributed by atoms with Gasteiger partial charge in [-0.05, 0) is 54.4 Å². The molecule has 2 aliphatic heterocycles. The van der Waals surface area contributed by atoms with E-state index in [1.165, 1.54) is 4.90 Å². The molecule has 3 aromatic rings. The second-order valence-electron chi connectivity index (χ2n) is 8.83. The molecule has 1 unspecified atom stereocenters. The van der Waals surface area contributed by atoms with Gasteiger partial charge in [-0.25, -0.2) is 4.90 Å². The van der Waals surface area contributed by atoms with Crippen molar-refractivity contribution in [2.24, 2.45) is 5.92 Å². The first-order chi connectivity index (χ1) is 16.1. The number of nitrogens with one attached hydrogen (secondary N) is 1. The molecule has 2 aliphatic rings. The minimum Gasteiger partial charge on any atom is -0.352 e. The van der Waals surface area contributed by atoms with E-state index in [-0.39, 0.29) is 30.1 Å². The average molecular weight is 442 g/mol. The van der Waals surface area contributed by atoms with Gasteiger partial charge in [-0.15, -0.1) is 0 Å². The molecular formula is C27H27N3O3. The molecule has 2 heterocycles. The van der Waals surface area contributed by atoms with Crippen molar-refractivity contribution in [2.45, 2.75) is 31.8 Å². The molecule has 0 aliphatic carbocycles. The summed E-state index contributed by atoms with van der Waals surface area (Å²) in [5, 5.41) is 5.10. The van der Waals surface area contributed by atoms with Crippen LogP contribution in [0, 0.1) is 5.92 Å². The van der Waals surface area contributed by atoms with Crippen LogP contribution >= 0.6 is 0 Å². The normalized spacial score (nSPS) is 19.9. The van der Waals surface area contributed by atoms with Crippen molar-refractivity contribution in [1.82, 2.24) is 10.2 Å². The highest BCUT2D eigenvalue weighted by molar-refractivity contribution is 6.22. The van der Waals surface area contributed by atoms with Crippen LogP contribution in [0.15, 0.2) is 72.8 Å². The lowest BCUT2D eigenvalue weighted by Gasteiger charge is -2.34. The molecule has 0 spiro atoms. The molecule has 0 radical (unpaired) electrons. The molecule has 2 saturated heterocycles. The highest BCUT2D eigenvalue weighted by Crippen LogP contribution is 2.30. The van der Waals surface area contributed by atoms with Gasteiger partial charge in [0.1, 0.15) is 0 Å². The fourth-order valence-corrected chi connectivity index (χ4v) is 4.89.